The molecule has 0 bridgehead atoms. The number of hydrogen-bond acceptors (Lipinski definition) is 7. The van der Waals surface area contributed by atoms with Crippen LogP contribution in [-0.2, 0) is 11.3 Å². The van der Waals surface area contributed by atoms with Crippen molar-refractivity contribution in [1.29, 1.82) is 0 Å². The minimum absolute atomic E-state index is 0.725. The summed E-state index contributed by atoms with van der Waals surface area (Å²) in [5.41, 5.74) is 3.86. The Labute approximate surface area is 179 Å². The van der Waals surface area contributed by atoms with Crippen LogP contribution in [0.15, 0.2) is 36.8 Å². The van der Waals surface area contributed by atoms with Crippen molar-refractivity contribution in [2.24, 2.45) is 0 Å². The molecule has 9 heteroatoms. The number of aromatic nitrogens is 5. The van der Waals surface area contributed by atoms with E-state index in [1.807, 2.05) is 30.3 Å². The van der Waals surface area contributed by atoms with Gasteiger partial charge in [0.25, 0.3) is 0 Å². The second-order valence-corrected chi connectivity index (χ2v) is 8.66. The summed E-state index contributed by atoms with van der Waals surface area (Å²) in [4.78, 5) is 14.4. The fourth-order valence-electron chi connectivity index (χ4n) is 3.72. The number of morpholine rings is 1. The highest BCUT2D eigenvalue weighted by Gasteiger charge is 2.20. The molecule has 1 saturated heterocycles. The number of thiophene rings is 1. The highest BCUT2D eigenvalue weighted by atomic mass is 32.1. The van der Waals surface area contributed by atoms with E-state index in [1.165, 1.54) is 9.75 Å². The predicted molar refractivity (Wildman–Crippen MR) is 120 cm³/mol. The first-order valence-corrected chi connectivity index (χ1v) is 11.0. The molecular weight excluding hydrogens is 398 g/mol. The molecule has 1 aliphatic heterocycles. The van der Waals surface area contributed by atoms with Crippen LogP contribution in [0.3, 0.4) is 0 Å². The minimum Gasteiger partial charge on any atom is -0.378 e. The maximum absolute atomic E-state index is 5.55. The molecule has 0 atom stereocenters. The van der Waals surface area contributed by atoms with Crippen LogP contribution in [0, 0.1) is 6.92 Å². The Balaban J connectivity index is 1.59. The lowest BCUT2D eigenvalue weighted by molar-refractivity contribution is 0.123. The molecule has 0 amide bonds. The molecule has 0 aliphatic carbocycles. The van der Waals surface area contributed by atoms with Crippen LogP contribution in [0.1, 0.15) is 4.88 Å². The van der Waals surface area contributed by atoms with E-state index in [9.17, 15) is 0 Å². The average molecular weight is 424 g/mol. The third-order valence-electron chi connectivity index (χ3n) is 5.31. The van der Waals surface area contributed by atoms with Crippen LogP contribution in [0.5, 0.6) is 0 Å². The van der Waals surface area contributed by atoms with Crippen molar-refractivity contribution in [3.63, 3.8) is 0 Å². The lowest BCUT2D eigenvalue weighted by Crippen LogP contribution is -2.36. The average Bonchev–Trinajstić information content (AvgIpc) is 3.51. The van der Waals surface area contributed by atoms with Gasteiger partial charge in [-0.05, 0) is 32.2 Å². The van der Waals surface area contributed by atoms with Crippen molar-refractivity contribution in [1.82, 2.24) is 29.6 Å². The number of ether oxygens (including phenoxy) is 1. The molecule has 8 nitrogen and oxygen atoms in total. The van der Waals surface area contributed by atoms with Gasteiger partial charge in [-0.3, -0.25) is 0 Å². The normalized spacial score (nSPS) is 14.7. The Kier molecular flexibility index (Phi) is 5.24. The van der Waals surface area contributed by atoms with E-state index in [2.05, 4.69) is 39.9 Å². The Morgan fingerprint density at radius 1 is 1.20 bits per heavy atom. The van der Waals surface area contributed by atoms with Gasteiger partial charge in [0.05, 0.1) is 30.1 Å². The van der Waals surface area contributed by atoms with Gasteiger partial charge in [0.1, 0.15) is 11.2 Å². The van der Waals surface area contributed by atoms with Crippen molar-refractivity contribution in [3.8, 4) is 16.4 Å². The first kappa shape index (κ1) is 19.2. The van der Waals surface area contributed by atoms with Crippen LogP contribution < -0.4 is 10.2 Å². The summed E-state index contributed by atoms with van der Waals surface area (Å²) in [6.45, 7) is 6.92. The third kappa shape index (κ3) is 3.60. The molecule has 1 aliphatic rings. The minimum atomic E-state index is 0.725. The van der Waals surface area contributed by atoms with Gasteiger partial charge in [0.2, 0.25) is 0 Å². The Morgan fingerprint density at radius 2 is 2.07 bits per heavy atom. The maximum Gasteiger partial charge on any atom is 0.164 e. The number of likely N-dealkylation sites (N-methyl/N-ethyl adjacent to an activating group) is 1. The molecular formula is C21H25N7OS. The fourth-order valence-corrected chi connectivity index (χ4v) is 4.55. The monoisotopic (exact) mass is 423 g/mol. The van der Waals surface area contributed by atoms with Crippen LogP contribution in [0.2, 0.25) is 0 Å². The van der Waals surface area contributed by atoms with E-state index in [4.69, 9.17) is 19.8 Å². The van der Waals surface area contributed by atoms with Crippen molar-refractivity contribution in [3.05, 3.63) is 41.7 Å². The number of pyridine rings is 1. The summed E-state index contributed by atoms with van der Waals surface area (Å²) < 4.78 is 9.52. The van der Waals surface area contributed by atoms with Gasteiger partial charge in [-0.15, -0.1) is 11.3 Å². The van der Waals surface area contributed by atoms with E-state index >= 15 is 0 Å². The molecule has 0 radical (unpaired) electrons. The Morgan fingerprint density at radius 3 is 2.83 bits per heavy atom. The zero-order chi connectivity index (χ0) is 20.5. The quantitative estimate of drug-likeness (QED) is 0.514. The SMILES string of the molecule is CNCCn1cnc2c(N3CCOCC3)cc(-n3ccc(-c4ccc(C)s4)n3)nc21. The summed E-state index contributed by atoms with van der Waals surface area (Å²) >= 11 is 1.75. The summed E-state index contributed by atoms with van der Waals surface area (Å²) in [6, 6.07) is 8.39. The van der Waals surface area contributed by atoms with Crippen LogP contribution in [0.25, 0.3) is 27.6 Å². The Bertz CT molecular complexity index is 1160. The van der Waals surface area contributed by atoms with Gasteiger partial charge < -0.3 is 19.5 Å². The van der Waals surface area contributed by atoms with Gasteiger partial charge >= 0.3 is 0 Å². The van der Waals surface area contributed by atoms with E-state index in [0.29, 0.717) is 0 Å². The molecule has 4 aromatic rings. The van der Waals surface area contributed by atoms with E-state index < -0.39 is 0 Å². The fraction of sp³-hybridized carbons (Fsp3) is 0.381. The lowest BCUT2D eigenvalue weighted by Gasteiger charge is -2.29. The largest absolute Gasteiger partial charge is 0.378 e. The smallest absolute Gasteiger partial charge is 0.164 e. The van der Waals surface area contributed by atoms with Gasteiger partial charge in [-0.2, -0.15) is 5.10 Å². The number of fused-ring (bicyclic) bond motifs is 1. The molecule has 4 aromatic heterocycles. The van der Waals surface area contributed by atoms with Gasteiger partial charge in [0.15, 0.2) is 11.5 Å². The first-order chi connectivity index (χ1) is 14.7. The van der Waals surface area contributed by atoms with Gasteiger partial charge in [0, 0.05) is 43.3 Å². The highest BCUT2D eigenvalue weighted by molar-refractivity contribution is 7.15. The molecule has 0 saturated carbocycles. The van der Waals surface area contributed by atoms with Gasteiger partial charge in [-0.25, -0.2) is 14.6 Å². The molecule has 156 valence electrons. The molecule has 0 unspecified atom stereocenters. The number of imidazole rings is 1. The Hall–Kier alpha value is -2.75. The topological polar surface area (TPSA) is 73.0 Å². The number of rotatable bonds is 6. The van der Waals surface area contributed by atoms with E-state index in [0.717, 1.165) is 67.8 Å². The van der Waals surface area contributed by atoms with Crippen molar-refractivity contribution >= 4 is 28.2 Å². The molecule has 5 heterocycles. The summed E-state index contributed by atoms with van der Waals surface area (Å²) in [5.74, 6) is 0.801. The van der Waals surface area contributed by atoms with Crippen LogP contribution >= 0.6 is 11.3 Å². The van der Waals surface area contributed by atoms with Crippen molar-refractivity contribution < 1.29 is 4.74 Å². The third-order valence-corrected chi connectivity index (χ3v) is 6.33. The zero-order valence-electron chi connectivity index (χ0n) is 17.2. The molecule has 1 N–H and O–H groups in total. The number of nitrogens with zero attached hydrogens (tertiary/aromatic N) is 6. The number of anilines is 1. The van der Waals surface area contributed by atoms with Crippen LogP contribution in [0.4, 0.5) is 5.69 Å². The molecule has 5 rings (SSSR count). The second-order valence-electron chi connectivity index (χ2n) is 7.37. The number of aryl methyl sites for hydroxylation is 1. The van der Waals surface area contributed by atoms with Crippen molar-refractivity contribution in [2.75, 3.05) is 44.8 Å². The predicted octanol–water partition coefficient (Wildman–Crippen LogP) is 2.71. The summed E-state index contributed by atoms with van der Waals surface area (Å²) in [7, 11) is 1.95. The lowest BCUT2D eigenvalue weighted by atomic mass is 10.2. The van der Waals surface area contributed by atoms with Crippen LogP contribution in [-0.4, -0.2) is 64.2 Å². The standard InChI is InChI=1S/C21H25N7OS/c1-15-3-4-18(30-15)16-5-7-28(25-16)19-13-17(26-9-11-29-12-10-26)20-21(24-19)27(14-23-20)8-6-22-2/h3-5,7,13-14,22H,6,8-12H2,1-2H3. The summed E-state index contributed by atoms with van der Waals surface area (Å²) in [5, 5.41) is 8.01. The number of nitrogens with one attached hydrogen (secondary N) is 1. The zero-order valence-corrected chi connectivity index (χ0v) is 18.0. The number of hydrogen-bond donors (Lipinski definition) is 1. The summed E-state index contributed by atoms with van der Waals surface area (Å²) in [6.07, 6.45) is 3.86. The second kappa shape index (κ2) is 8.17. The molecule has 1 fully saturated rings. The maximum atomic E-state index is 5.55. The van der Waals surface area contributed by atoms with E-state index in [1.54, 1.807) is 11.3 Å². The molecule has 30 heavy (non-hydrogen) atoms. The molecule has 0 spiro atoms. The van der Waals surface area contributed by atoms with Crippen molar-refractivity contribution in [2.45, 2.75) is 13.5 Å². The first-order valence-electron chi connectivity index (χ1n) is 10.2. The highest BCUT2D eigenvalue weighted by Crippen LogP contribution is 2.30. The molecule has 0 aromatic carbocycles. The van der Waals surface area contributed by atoms with E-state index in [-0.39, 0.29) is 0 Å². The van der Waals surface area contributed by atoms with Gasteiger partial charge in [-0.1, -0.05) is 0 Å².